The quantitative estimate of drug-likeness (QED) is 0.823. The summed E-state index contributed by atoms with van der Waals surface area (Å²) in [4.78, 5) is 21.4. The second kappa shape index (κ2) is 8.73. The highest BCUT2D eigenvalue weighted by molar-refractivity contribution is 5.88. The lowest BCUT2D eigenvalue weighted by molar-refractivity contribution is 0.0686. The third kappa shape index (κ3) is 5.13. The van der Waals surface area contributed by atoms with Crippen molar-refractivity contribution < 1.29 is 19.8 Å². The van der Waals surface area contributed by atoms with Gasteiger partial charge in [-0.3, -0.25) is 0 Å². The van der Waals surface area contributed by atoms with E-state index in [2.05, 4.69) is 11.8 Å². The van der Waals surface area contributed by atoms with Gasteiger partial charge in [0.1, 0.15) is 0 Å². The van der Waals surface area contributed by atoms with Crippen LogP contribution in [-0.4, -0.2) is 22.2 Å². The van der Waals surface area contributed by atoms with E-state index >= 15 is 0 Å². The molecule has 0 aliphatic heterocycles. The molecule has 2 aromatic carbocycles. The molecule has 0 spiro atoms. The number of hydrogen-bond donors (Lipinski definition) is 2. The van der Waals surface area contributed by atoms with E-state index < -0.39 is 11.9 Å². The van der Waals surface area contributed by atoms with Gasteiger partial charge >= 0.3 is 11.9 Å². The lowest BCUT2D eigenvalue weighted by Gasteiger charge is -1.95. The van der Waals surface area contributed by atoms with Gasteiger partial charge in [0.2, 0.25) is 0 Å². The van der Waals surface area contributed by atoms with Crippen LogP contribution < -0.4 is 0 Å². The second-order valence-corrected chi connectivity index (χ2v) is 4.02. The standard InChI is InChI=1S/C16H10O4.2ClH/c17-15(18)13-7-3-11(4-8-13)1-2-12-5-9-14(10-6-12)16(19)20;;/h3-10H,(H,17,18)(H,19,20);2*1H. The first-order chi connectivity index (χ1) is 9.56. The fraction of sp³-hybridized carbons (Fsp3) is 0. The SMILES string of the molecule is Cl.Cl.O=C(O)c1ccc(C#Cc2ccc(C(=O)O)cc2)cc1. The zero-order chi connectivity index (χ0) is 14.5. The van der Waals surface area contributed by atoms with Crippen LogP contribution in [0.5, 0.6) is 0 Å². The van der Waals surface area contributed by atoms with Crippen molar-refractivity contribution in [2.75, 3.05) is 0 Å². The first-order valence-electron chi connectivity index (χ1n) is 5.75. The Hall–Kier alpha value is -2.48. The van der Waals surface area contributed by atoms with Crippen molar-refractivity contribution in [2.45, 2.75) is 0 Å². The maximum absolute atomic E-state index is 10.7. The number of benzene rings is 2. The van der Waals surface area contributed by atoms with Gasteiger partial charge in [0.25, 0.3) is 0 Å². The van der Waals surface area contributed by atoms with Crippen molar-refractivity contribution >= 4 is 36.8 Å². The van der Waals surface area contributed by atoms with Crippen LogP contribution in [0.25, 0.3) is 0 Å². The minimum Gasteiger partial charge on any atom is -0.478 e. The Labute approximate surface area is 139 Å². The van der Waals surface area contributed by atoms with Gasteiger partial charge in [0, 0.05) is 11.1 Å². The molecule has 2 N–H and O–H groups in total. The van der Waals surface area contributed by atoms with E-state index in [0.29, 0.717) is 11.1 Å². The van der Waals surface area contributed by atoms with Crippen molar-refractivity contribution in [2.24, 2.45) is 0 Å². The zero-order valence-corrected chi connectivity index (χ0v) is 12.8. The maximum Gasteiger partial charge on any atom is 0.335 e. The van der Waals surface area contributed by atoms with E-state index in [1.807, 2.05) is 0 Å². The van der Waals surface area contributed by atoms with Crippen LogP contribution in [0.1, 0.15) is 31.8 Å². The van der Waals surface area contributed by atoms with Gasteiger partial charge in [-0.15, -0.1) is 24.8 Å². The number of carboxylic acids is 2. The van der Waals surface area contributed by atoms with E-state index in [1.165, 1.54) is 24.3 Å². The van der Waals surface area contributed by atoms with Gasteiger partial charge in [0.05, 0.1) is 11.1 Å². The predicted molar refractivity (Wildman–Crippen MR) is 87.3 cm³/mol. The molecule has 4 nitrogen and oxygen atoms in total. The van der Waals surface area contributed by atoms with Crippen molar-refractivity contribution in [3.63, 3.8) is 0 Å². The molecule has 0 aliphatic rings. The van der Waals surface area contributed by atoms with Crippen LogP contribution in [0.2, 0.25) is 0 Å². The minimum absolute atomic E-state index is 0. The molecule has 0 amide bonds. The lowest BCUT2D eigenvalue weighted by atomic mass is 10.1. The Balaban J connectivity index is 0.00000220. The Morgan fingerprint density at radius 3 is 1.14 bits per heavy atom. The number of carboxylic acid groups (broad SMARTS) is 2. The van der Waals surface area contributed by atoms with Gasteiger partial charge in [0.15, 0.2) is 0 Å². The molecular weight excluding hydrogens is 327 g/mol. The van der Waals surface area contributed by atoms with Crippen molar-refractivity contribution in [1.82, 2.24) is 0 Å². The van der Waals surface area contributed by atoms with Crippen molar-refractivity contribution in [3.8, 4) is 11.8 Å². The molecule has 6 heteroatoms. The highest BCUT2D eigenvalue weighted by atomic mass is 35.5. The summed E-state index contributed by atoms with van der Waals surface area (Å²) in [6.45, 7) is 0. The van der Waals surface area contributed by atoms with Gasteiger partial charge in [-0.05, 0) is 48.5 Å². The van der Waals surface area contributed by atoms with Crippen LogP contribution in [0.15, 0.2) is 48.5 Å². The summed E-state index contributed by atoms with van der Waals surface area (Å²) in [6, 6.07) is 12.5. The van der Waals surface area contributed by atoms with Crippen molar-refractivity contribution in [1.29, 1.82) is 0 Å². The molecule has 0 radical (unpaired) electrons. The summed E-state index contributed by atoms with van der Waals surface area (Å²) >= 11 is 0. The summed E-state index contributed by atoms with van der Waals surface area (Å²) in [6.07, 6.45) is 0. The molecule has 0 unspecified atom stereocenters. The number of hydrogen-bond acceptors (Lipinski definition) is 2. The first-order valence-corrected chi connectivity index (χ1v) is 5.75. The van der Waals surface area contributed by atoms with Gasteiger partial charge in [-0.1, -0.05) is 11.8 Å². The van der Waals surface area contributed by atoms with E-state index in [4.69, 9.17) is 10.2 Å². The maximum atomic E-state index is 10.7. The molecule has 0 aliphatic carbocycles. The normalized spacial score (nSPS) is 8.55. The third-order valence-corrected chi connectivity index (χ3v) is 2.61. The first kappa shape index (κ1) is 19.5. The number of aromatic carboxylic acids is 2. The van der Waals surface area contributed by atoms with Crippen LogP contribution in [0.3, 0.4) is 0 Å². The zero-order valence-electron chi connectivity index (χ0n) is 11.1. The largest absolute Gasteiger partial charge is 0.478 e. The predicted octanol–water partition coefficient (Wildman–Crippen LogP) is 3.33. The molecule has 0 bridgehead atoms. The molecule has 0 aromatic heterocycles. The molecule has 2 aromatic rings. The summed E-state index contributed by atoms with van der Waals surface area (Å²) in [7, 11) is 0. The lowest BCUT2D eigenvalue weighted by Crippen LogP contribution is -1.95. The van der Waals surface area contributed by atoms with E-state index in [-0.39, 0.29) is 35.9 Å². The van der Waals surface area contributed by atoms with Crippen LogP contribution >= 0.6 is 24.8 Å². The van der Waals surface area contributed by atoms with E-state index in [1.54, 1.807) is 24.3 Å². The highest BCUT2D eigenvalue weighted by Gasteiger charge is 2.01. The molecule has 0 fully saturated rings. The molecule has 2 rings (SSSR count). The van der Waals surface area contributed by atoms with Gasteiger partial charge in [-0.2, -0.15) is 0 Å². The van der Waals surface area contributed by atoms with Crippen LogP contribution in [-0.2, 0) is 0 Å². The van der Waals surface area contributed by atoms with Crippen molar-refractivity contribution in [3.05, 3.63) is 70.8 Å². The summed E-state index contributed by atoms with van der Waals surface area (Å²) < 4.78 is 0. The molecule has 114 valence electrons. The Bertz CT molecular complexity index is 649. The average Bonchev–Trinajstić information content (AvgIpc) is 2.46. The van der Waals surface area contributed by atoms with E-state index in [9.17, 15) is 9.59 Å². The topological polar surface area (TPSA) is 74.6 Å². The third-order valence-electron chi connectivity index (χ3n) is 2.61. The molecule has 0 saturated carbocycles. The number of rotatable bonds is 2. The Morgan fingerprint density at radius 2 is 0.909 bits per heavy atom. The smallest absolute Gasteiger partial charge is 0.335 e. The summed E-state index contributed by atoms with van der Waals surface area (Å²) in [5, 5.41) is 17.5. The molecule has 0 heterocycles. The average molecular weight is 339 g/mol. The number of halogens is 2. The highest BCUT2D eigenvalue weighted by Crippen LogP contribution is 2.05. The monoisotopic (exact) mass is 338 g/mol. The van der Waals surface area contributed by atoms with Crippen LogP contribution in [0, 0.1) is 11.8 Å². The summed E-state index contributed by atoms with van der Waals surface area (Å²) in [5.41, 5.74) is 1.80. The van der Waals surface area contributed by atoms with E-state index in [0.717, 1.165) is 0 Å². The van der Waals surface area contributed by atoms with Gasteiger partial charge < -0.3 is 10.2 Å². The number of carbonyl (C=O) groups is 2. The van der Waals surface area contributed by atoms with Crippen LogP contribution in [0.4, 0.5) is 0 Å². The molecule has 22 heavy (non-hydrogen) atoms. The second-order valence-electron chi connectivity index (χ2n) is 4.02. The van der Waals surface area contributed by atoms with Gasteiger partial charge in [-0.25, -0.2) is 9.59 Å². The molecular formula is C16H12Cl2O4. The molecule has 0 saturated heterocycles. The fourth-order valence-electron chi connectivity index (χ4n) is 1.54. The fourth-order valence-corrected chi connectivity index (χ4v) is 1.54. The molecule has 0 atom stereocenters. The Morgan fingerprint density at radius 1 is 0.636 bits per heavy atom. The Kier molecular flexibility index (Phi) is 7.74. The summed E-state index contributed by atoms with van der Waals surface area (Å²) in [5.74, 6) is 3.81. The minimum atomic E-state index is -0.978.